The van der Waals surface area contributed by atoms with Crippen LogP contribution in [0.5, 0.6) is 16.6 Å². The summed E-state index contributed by atoms with van der Waals surface area (Å²) in [6, 6.07) is 20.0. The number of nitrogens with zero attached hydrogens (tertiary/aromatic N) is 2. The zero-order valence-corrected chi connectivity index (χ0v) is 20.7. The fraction of sp³-hybridized carbons (Fsp3) is 0.148. The van der Waals surface area contributed by atoms with E-state index < -0.39 is 0 Å². The predicted octanol–water partition coefficient (Wildman–Crippen LogP) is 6.91. The SMILES string of the molecule is COc1ccc(-c2c(C(N)=S)sc(Oc3cncc(-c4ccc(C(C)C)cc4)c3)c2C#N)cc1. The Hall–Kier alpha value is -3.73. The monoisotopic (exact) mass is 485 g/mol. The fourth-order valence-electron chi connectivity index (χ4n) is 3.59. The first-order chi connectivity index (χ1) is 16.4. The molecule has 0 amide bonds. The Morgan fingerprint density at radius 3 is 2.26 bits per heavy atom. The number of thiophene rings is 1. The number of ether oxygens (including phenoxy) is 2. The first-order valence-electron chi connectivity index (χ1n) is 10.7. The summed E-state index contributed by atoms with van der Waals surface area (Å²) < 4.78 is 11.4. The van der Waals surface area contributed by atoms with Crippen LogP contribution in [-0.2, 0) is 0 Å². The molecule has 5 nitrogen and oxygen atoms in total. The van der Waals surface area contributed by atoms with Crippen molar-refractivity contribution in [3.63, 3.8) is 0 Å². The predicted molar refractivity (Wildman–Crippen MR) is 141 cm³/mol. The van der Waals surface area contributed by atoms with Crippen molar-refractivity contribution in [2.45, 2.75) is 19.8 Å². The molecule has 7 heteroatoms. The lowest BCUT2D eigenvalue weighted by molar-refractivity contribution is 0.415. The van der Waals surface area contributed by atoms with Crippen molar-refractivity contribution in [1.82, 2.24) is 4.98 Å². The number of hydrogen-bond donors (Lipinski definition) is 1. The van der Waals surface area contributed by atoms with Crippen LogP contribution in [-0.4, -0.2) is 17.1 Å². The van der Waals surface area contributed by atoms with E-state index in [0.29, 0.717) is 32.7 Å². The molecule has 0 radical (unpaired) electrons. The third-order valence-electron chi connectivity index (χ3n) is 5.42. The maximum Gasteiger partial charge on any atom is 0.200 e. The molecule has 4 aromatic rings. The van der Waals surface area contributed by atoms with E-state index in [-0.39, 0.29) is 4.99 Å². The van der Waals surface area contributed by atoms with Crippen molar-refractivity contribution >= 4 is 28.5 Å². The van der Waals surface area contributed by atoms with Gasteiger partial charge in [0.25, 0.3) is 0 Å². The molecule has 0 saturated heterocycles. The molecule has 0 saturated carbocycles. The number of pyridine rings is 1. The Bertz CT molecular complexity index is 1370. The summed E-state index contributed by atoms with van der Waals surface area (Å²) in [5.41, 5.74) is 11.1. The zero-order chi connectivity index (χ0) is 24.2. The minimum Gasteiger partial charge on any atom is -0.497 e. The molecule has 0 aliphatic heterocycles. The Labute approximate surface area is 208 Å². The highest BCUT2D eigenvalue weighted by molar-refractivity contribution is 7.81. The molecule has 2 aromatic heterocycles. The van der Waals surface area contributed by atoms with Crippen LogP contribution in [0, 0.1) is 11.3 Å². The molecule has 0 aliphatic carbocycles. The second-order valence-electron chi connectivity index (χ2n) is 7.96. The van der Waals surface area contributed by atoms with Gasteiger partial charge in [0.1, 0.15) is 28.1 Å². The zero-order valence-electron chi connectivity index (χ0n) is 19.0. The Kier molecular flexibility index (Phi) is 6.92. The van der Waals surface area contributed by atoms with Crippen LogP contribution in [0.15, 0.2) is 67.0 Å². The van der Waals surface area contributed by atoms with E-state index in [0.717, 1.165) is 22.4 Å². The Morgan fingerprint density at radius 2 is 1.68 bits per heavy atom. The van der Waals surface area contributed by atoms with Crippen LogP contribution in [0.25, 0.3) is 22.3 Å². The van der Waals surface area contributed by atoms with Gasteiger partial charge in [0.15, 0.2) is 5.06 Å². The standard InChI is InChI=1S/C27H23N3O2S2/c1-16(2)17-4-6-18(7-5-17)20-12-22(15-30-14-20)32-27-23(13-28)24(25(34-27)26(29)33)19-8-10-21(31-3)11-9-19/h4-12,14-16H,1-3H3,(H2,29,33). The van der Waals surface area contributed by atoms with Crippen molar-refractivity contribution < 1.29 is 9.47 Å². The molecule has 2 aromatic carbocycles. The van der Waals surface area contributed by atoms with E-state index in [1.165, 1.54) is 16.9 Å². The molecular weight excluding hydrogens is 462 g/mol. The number of thiocarbonyl (C=S) groups is 1. The molecule has 2 heterocycles. The van der Waals surface area contributed by atoms with Crippen LogP contribution in [0.4, 0.5) is 0 Å². The van der Waals surface area contributed by atoms with Crippen molar-refractivity contribution in [1.29, 1.82) is 5.26 Å². The van der Waals surface area contributed by atoms with Gasteiger partial charge >= 0.3 is 0 Å². The first-order valence-corrected chi connectivity index (χ1v) is 11.9. The van der Waals surface area contributed by atoms with Crippen molar-refractivity contribution in [2.75, 3.05) is 7.11 Å². The first kappa shape index (κ1) is 23.4. The maximum atomic E-state index is 9.99. The molecule has 2 N–H and O–H groups in total. The Morgan fingerprint density at radius 1 is 1.00 bits per heavy atom. The van der Waals surface area contributed by atoms with E-state index >= 15 is 0 Å². The van der Waals surface area contributed by atoms with E-state index in [9.17, 15) is 5.26 Å². The van der Waals surface area contributed by atoms with Gasteiger partial charge in [-0.3, -0.25) is 4.98 Å². The van der Waals surface area contributed by atoms with Crippen LogP contribution >= 0.6 is 23.6 Å². The molecule has 170 valence electrons. The second-order valence-corrected chi connectivity index (χ2v) is 9.38. The Balaban J connectivity index is 1.71. The largest absolute Gasteiger partial charge is 0.497 e. The van der Waals surface area contributed by atoms with Crippen LogP contribution in [0.3, 0.4) is 0 Å². The number of methoxy groups -OCH3 is 1. The summed E-state index contributed by atoms with van der Waals surface area (Å²) in [4.78, 5) is 5.18. The summed E-state index contributed by atoms with van der Waals surface area (Å²) in [7, 11) is 1.60. The van der Waals surface area contributed by atoms with E-state index in [1.807, 2.05) is 30.3 Å². The number of benzene rings is 2. The van der Waals surface area contributed by atoms with Gasteiger partial charge in [-0.05, 0) is 40.8 Å². The van der Waals surface area contributed by atoms with Crippen LogP contribution in [0.2, 0.25) is 0 Å². The van der Waals surface area contributed by atoms with Gasteiger partial charge in [0.05, 0.1) is 18.2 Å². The third-order valence-corrected chi connectivity index (χ3v) is 6.86. The molecular formula is C27H23N3O2S2. The van der Waals surface area contributed by atoms with Gasteiger partial charge in [-0.25, -0.2) is 0 Å². The molecule has 34 heavy (non-hydrogen) atoms. The molecule has 0 aliphatic rings. The molecule has 0 fully saturated rings. The van der Waals surface area contributed by atoms with E-state index in [1.54, 1.807) is 19.5 Å². The third kappa shape index (κ3) is 4.79. The summed E-state index contributed by atoms with van der Waals surface area (Å²) in [5.74, 6) is 1.71. The van der Waals surface area contributed by atoms with Crippen molar-refractivity contribution in [2.24, 2.45) is 5.73 Å². The summed E-state index contributed by atoms with van der Waals surface area (Å²) in [6.45, 7) is 4.33. The number of rotatable bonds is 7. The average Bonchev–Trinajstić information content (AvgIpc) is 3.22. The summed E-state index contributed by atoms with van der Waals surface area (Å²) in [6.07, 6.45) is 3.42. The van der Waals surface area contributed by atoms with Gasteiger partial charge in [0, 0.05) is 17.3 Å². The van der Waals surface area contributed by atoms with Gasteiger partial charge in [0.2, 0.25) is 0 Å². The lowest BCUT2D eigenvalue weighted by Crippen LogP contribution is -2.08. The van der Waals surface area contributed by atoms with Crippen LogP contribution in [0.1, 0.15) is 35.8 Å². The highest BCUT2D eigenvalue weighted by Gasteiger charge is 2.23. The highest BCUT2D eigenvalue weighted by atomic mass is 32.1. The maximum absolute atomic E-state index is 9.99. The molecule has 0 unspecified atom stereocenters. The van der Waals surface area contributed by atoms with Crippen molar-refractivity contribution in [3.05, 3.63) is 83.0 Å². The lowest BCUT2D eigenvalue weighted by Gasteiger charge is -2.09. The van der Waals surface area contributed by atoms with Gasteiger partial charge in [-0.15, -0.1) is 0 Å². The number of aromatic nitrogens is 1. The lowest BCUT2D eigenvalue weighted by atomic mass is 9.99. The normalized spacial score (nSPS) is 10.7. The number of nitrogens with two attached hydrogens (primary N) is 1. The van der Waals surface area contributed by atoms with Crippen LogP contribution < -0.4 is 15.2 Å². The summed E-state index contributed by atoms with van der Waals surface area (Å²) in [5, 5.41) is 10.4. The highest BCUT2D eigenvalue weighted by Crippen LogP contribution is 2.43. The summed E-state index contributed by atoms with van der Waals surface area (Å²) >= 11 is 6.54. The minimum atomic E-state index is 0.208. The van der Waals surface area contributed by atoms with Gasteiger partial charge < -0.3 is 15.2 Å². The topological polar surface area (TPSA) is 81.2 Å². The molecule has 0 spiro atoms. The van der Waals surface area contributed by atoms with E-state index in [4.69, 9.17) is 27.4 Å². The number of hydrogen-bond acceptors (Lipinski definition) is 6. The molecule has 0 bridgehead atoms. The smallest absolute Gasteiger partial charge is 0.200 e. The van der Waals surface area contributed by atoms with Gasteiger partial charge in [-0.1, -0.05) is 73.8 Å². The van der Waals surface area contributed by atoms with Gasteiger partial charge in [-0.2, -0.15) is 5.26 Å². The van der Waals surface area contributed by atoms with E-state index in [2.05, 4.69) is 49.2 Å². The minimum absolute atomic E-state index is 0.208. The van der Waals surface area contributed by atoms with Crippen molar-refractivity contribution in [3.8, 4) is 44.9 Å². The molecule has 0 atom stereocenters. The second kappa shape index (κ2) is 10.0. The average molecular weight is 486 g/mol. The fourth-order valence-corrected chi connectivity index (χ4v) is 4.81. The number of nitriles is 1. The quantitative estimate of drug-likeness (QED) is 0.287. The molecule has 4 rings (SSSR count).